The average Bonchev–Trinajstić information content (AvgIpc) is 3.69. The van der Waals surface area contributed by atoms with Crippen LogP contribution < -0.4 is 5.32 Å². The van der Waals surface area contributed by atoms with E-state index in [1.54, 1.807) is 12.7 Å². The number of ether oxygens (including phenoxy) is 7. The number of fused-ring (bicyclic) bond motifs is 5. The van der Waals surface area contributed by atoms with Crippen molar-refractivity contribution in [3.63, 3.8) is 0 Å². The van der Waals surface area contributed by atoms with Crippen LogP contribution in [0.15, 0.2) is 23.8 Å². The highest BCUT2D eigenvalue weighted by molar-refractivity contribution is 5.67. The molecule has 0 saturated heterocycles. The van der Waals surface area contributed by atoms with Gasteiger partial charge in [0.25, 0.3) is 0 Å². The molecule has 0 spiro atoms. The van der Waals surface area contributed by atoms with E-state index in [4.69, 9.17) is 33.2 Å². The number of carbonyl (C=O) groups is 1. The Labute approximate surface area is 424 Å². The molecule has 4 aliphatic carbocycles. The van der Waals surface area contributed by atoms with E-state index in [0.717, 1.165) is 100 Å². The fourth-order valence-corrected chi connectivity index (χ4v) is 12.8. The lowest BCUT2D eigenvalue weighted by atomic mass is 9.47. The van der Waals surface area contributed by atoms with Crippen molar-refractivity contribution in [2.24, 2.45) is 46.3 Å². The van der Waals surface area contributed by atoms with Crippen LogP contribution in [-0.4, -0.2) is 110 Å². The molecule has 2 N–H and O–H groups in total. The predicted molar refractivity (Wildman–Crippen MR) is 284 cm³/mol. The Kier molecular flexibility index (Phi) is 32.6. The van der Waals surface area contributed by atoms with Gasteiger partial charge in [0.15, 0.2) is 0 Å². The van der Waals surface area contributed by atoms with E-state index in [2.05, 4.69) is 59.5 Å². The van der Waals surface area contributed by atoms with E-state index in [-0.39, 0.29) is 30.3 Å². The van der Waals surface area contributed by atoms with Crippen molar-refractivity contribution in [2.75, 3.05) is 86.3 Å². The van der Waals surface area contributed by atoms with Crippen molar-refractivity contribution >= 4 is 6.09 Å². The zero-order valence-corrected chi connectivity index (χ0v) is 46.1. The van der Waals surface area contributed by atoms with Crippen molar-refractivity contribution in [3.8, 4) is 0 Å². The number of hydrogen-bond acceptors (Lipinski definition) is 9. The molecule has 0 aromatic carbocycles. The monoisotopic (exact) mass is 976 g/mol. The van der Waals surface area contributed by atoms with Gasteiger partial charge in [-0.15, -0.1) is 0 Å². The van der Waals surface area contributed by atoms with Gasteiger partial charge in [-0.2, -0.15) is 0 Å². The number of hydrogen-bond donors (Lipinski definition) is 2. The molecule has 0 radical (unpaired) electrons. The first-order valence-electron chi connectivity index (χ1n) is 28.8. The van der Waals surface area contributed by atoms with Crippen LogP contribution in [0.3, 0.4) is 0 Å². The molecular formula is C59H109NO9. The molecule has 10 heteroatoms. The molecule has 4 aliphatic rings. The molecule has 404 valence electrons. The van der Waals surface area contributed by atoms with E-state index in [1.807, 2.05) is 6.92 Å². The first-order valence-corrected chi connectivity index (χ1v) is 28.8. The highest BCUT2D eigenvalue weighted by Crippen LogP contribution is 2.67. The van der Waals surface area contributed by atoms with Crippen LogP contribution in [0.4, 0.5) is 4.79 Å². The van der Waals surface area contributed by atoms with Crippen LogP contribution in [0.25, 0.3) is 0 Å². The lowest BCUT2D eigenvalue weighted by molar-refractivity contribution is -0.0581. The smallest absolute Gasteiger partial charge is 0.407 e. The third-order valence-corrected chi connectivity index (χ3v) is 16.7. The summed E-state index contributed by atoms with van der Waals surface area (Å²) in [6, 6.07) is 0. The van der Waals surface area contributed by atoms with Gasteiger partial charge in [-0.3, -0.25) is 0 Å². The summed E-state index contributed by atoms with van der Waals surface area (Å²) >= 11 is 0. The fraction of sp³-hybridized carbons (Fsp3) is 0.915. The van der Waals surface area contributed by atoms with Crippen LogP contribution in [0.1, 0.15) is 203 Å². The van der Waals surface area contributed by atoms with Crippen LogP contribution in [0, 0.1) is 46.3 Å². The summed E-state index contributed by atoms with van der Waals surface area (Å²) < 4.78 is 38.4. The normalized spacial score (nSPS) is 26.0. The number of nitrogens with one attached hydrogen (secondary N) is 1. The van der Waals surface area contributed by atoms with Crippen molar-refractivity contribution in [1.82, 2.24) is 5.32 Å². The minimum absolute atomic E-state index is 0.00244. The second-order valence-corrected chi connectivity index (χ2v) is 22.4. The number of unbranched alkanes of at least 4 members (excludes halogenated alkanes) is 7. The van der Waals surface area contributed by atoms with Crippen LogP contribution >= 0.6 is 0 Å². The van der Waals surface area contributed by atoms with Crippen LogP contribution in [0.2, 0.25) is 0 Å². The van der Waals surface area contributed by atoms with Gasteiger partial charge in [0.1, 0.15) is 12.2 Å². The van der Waals surface area contributed by atoms with Gasteiger partial charge in [-0.05, 0) is 150 Å². The number of rotatable bonds is 38. The van der Waals surface area contributed by atoms with Gasteiger partial charge in [-0.1, -0.05) is 117 Å². The first kappa shape index (κ1) is 61.8. The maximum absolute atomic E-state index is 12.6. The summed E-state index contributed by atoms with van der Waals surface area (Å²) in [6.45, 7) is 27.9. The number of carbonyl (C=O) groups excluding carboxylic acids is 1. The van der Waals surface area contributed by atoms with E-state index in [1.165, 1.54) is 108 Å². The molecule has 69 heavy (non-hydrogen) atoms. The number of alkyl carbamates (subject to hydrolysis) is 1. The number of amides is 1. The molecule has 0 aromatic heterocycles. The number of methoxy groups -OCH3 is 1. The third kappa shape index (κ3) is 23.1. The van der Waals surface area contributed by atoms with Crippen LogP contribution in [0.5, 0.6) is 0 Å². The summed E-state index contributed by atoms with van der Waals surface area (Å²) in [6.07, 6.45) is 31.6. The molecule has 4 rings (SSSR count). The van der Waals surface area contributed by atoms with Gasteiger partial charge < -0.3 is 43.6 Å². The van der Waals surface area contributed by atoms with Gasteiger partial charge in [0, 0.05) is 53.1 Å². The lowest BCUT2D eigenvalue weighted by Crippen LogP contribution is -2.51. The highest BCUT2D eigenvalue weighted by atomic mass is 16.6. The Hall–Kier alpha value is -1.53. The quantitative estimate of drug-likeness (QED) is 0.0461. The van der Waals surface area contributed by atoms with Gasteiger partial charge in [0.2, 0.25) is 0 Å². The van der Waals surface area contributed by atoms with Gasteiger partial charge >= 0.3 is 6.09 Å². The summed E-state index contributed by atoms with van der Waals surface area (Å²) in [5, 5.41) is 12.1. The second kappa shape index (κ2) is 36.4. The molecule has 3 saturated carbocycles. The Balaban J connectivity index is 0.000000417. The third-order valence-electron chi connectivity index (χ3n) is 16.7. The average molecular weight is 977 g/mol. The second-order valence-electron chi connectivity index (χ2n) is 22.4. The Bertz CT molecular complexity index is 1360. The largest absolute Gasteiger partial charge is 0.446 e. The molecule has 1 amide bonds. The first-order chi connectivity index (χ1) is 33.4. The van der Waals surface area contributed by atoms with Crippen molar-refractivity contribution < 1.29 is 43.1 Å². The number of aliphatic hydroxyl groups is 1. The zero-order valence-electron chi connectivity index (χ0n) is 46.1. The molecule has 0 heterocycles. The molecule has 9 atom stereocenters. The summed E-state index contributed by atoms with van der Waals surface area (Å²) in [4.78, 5) is 12.6. The summed E-state index contributed by atoms with van der Waals surface area (Å²) in [7, 11) is 1.77. The summed E-state index contributed by atoms with van der Waals surface area (Å²) in [5.74, 6) is 5.11. The maximum atomic E-state index is 12.6. The molecule has 5 unspecified atom stereocenters. The fourth-order valence-electron chi connectivity index (χ4n) is 12.8. The Morgan fingerprint density at radius 2 is 1.42 bits per heavy atom. The molecule has 0 aliphatic heterocycles. The number of aliphatic hydroxyl groups excluding tert-OH is 1. The molecule has 0 bridgehead atoms. The van der Waals surface area contributed by atoms with Crippen molar-refractivity contribution in [1.29, 1.82) is 0 Å². The molecular weight excluding hydrogens is 867 g/mol. The maximum Gasteiger partial charge on any atom is 0.407 e. The molecule has 10 nitrogen and oxygen atoms in total. The minimum atomic E-state index is -0.282. The number of allylic oxidation sites excluding steroid dienone is 2. The zero-order chi connectivity index (χ0) is 50.2. The van der Waals surface area contributed by atoms with E-state index in [9.17, 15) is 9.90 Å². The molecule has 3 fully saturated rings. The SMILES string of the molecule is C=C(CCCCCCCCCOC)CCCCOCC(CO)OCCC.CCOCCOCCOCCCNC(=O)O[C@@H]1CC[C@]2(C)C(=CCC3C4CCC([C@@H](C)CCCC(C)C)[C@]4(C)CCC32)C1. The molecule has 0 aromatic rings. The van der Waals surface area contributed by atoms with Gasteiger partial charge in [0.05, 0.1) is 39.6 Å². The van der Waals surface area contributed by atoms with Crippen LogP contribution in [-0.2, 0) is 33.2 Å². The van der Waals surface area contributed by atoms with Crippen molar-refractivity contribution in [3.05, 3.63) is 23.8 Å². The minimum Gasteiger partial charge on any atom is -0.446 e. The highest BCUT2D eigenvalue weighted by Gasteiger charge is 2.59. The van der Waals surface area contributed by atoms with Crippen molar-refractivity contribution in [2.45, 2.75) is 215 Å². The summed E-state index contributed by atoms with van der Waals surface area (Å²) in [5.41, 5.74) is 3.77. The lowest BCUT2D eigenvalue weighted by Gasteiger charge is -2.58. The predicted octanol–water partition coefficient (Wildman–Crippen LogP) is 13.9. The Morgan fingerprint density at radius 1 is 0.754 bits per heavy atom. The van der Waals surface area contributed by atoms with E-state index >= 15 is 0 Å². The topological polar surface area (TPSA) is 114 Å². The standard InChI is InChI=1S/C37H65NO5.C22H44O4/c1-7-40-22-23-42-25-24-41-21-9-20-38-35(39)43-30-16-18-36(5)29(26-30)12-13-31-33-15-14-32(28(4)11-8-10-27(2)3)37(33,6)19-17-34(31)36;1-4-16-26-22(19-23)20-25-18-13-11-15-21(2)14-10-8-6-5-7-9-12-17-24-3/h12,27-28,30-34H,7-11,13-26H2,1-6H3,(H,38,39);22-23H,2,4-20H2,1,3H3/t28-,30+,31?,32?,33?,34?,36+,37-;/m0./s1. The van der Waals surface area contributed by atoms with E-state index in [0.29, 0.717) is 64.8 Å². The van der Waals surface area contributed by atoms with Gasteiger partial charge in [-0.25, -0.2) is 4.79 Å². The Morgan fingerprint density at radius 3 is 2.12 bits per heavy atom. The van der Waals surface area contributed by atoms with E-state index < -0.39 is 0 Å².